The number of carbonyl (C=O) groups excluding carboxylic acids is 1. The molecule has 0 aliphatic carbocycles. The third-order valence-corrected chi connectivity index (χ3v) is 5.10. The van der Waals surface area contributed by atoms with E-state index in [-0.39, 0.29) is 23.2 Å². The van der Waals surface area contributed by atoms with Crippen molar-refractivity contribution >= 4 is 15.7 Å². The van der Waals surface area contributed by atoms with E-state index in [1.54, 1.807) is 25.1 Å². The molecule has 1 saturated heterocycles. The molecular formula is C13H16FNO3S. The summed E-state index contributed by atoms with van der Waals surface area (Å²) >= 11 is 0. The fraction of sp³-hybridized carbons (Fsp3) is 0.462. The molecule has 2 atom stereocenters. The Labute approximate surface area is 111 Å². The summed E-state index contributed by atoms with van der Waals surface area (Å²) in [5.41, 5.74) is 0.400. The average molecular weight is 285 g/mol. The molecule has 0 radical (unpaired) electrons. The van der Waals surface area contributed by atoms with E-state index in [9.17, 15) is 17.6 Å². The predicted molar refractivity (Wildman–Crippen MR) is 69.7 cm³/mol. The van der Waals surface area contributed by atoms with Crippen LogP contribution < -0.4 is 5.32 Å². The summed E-state index contributed by atoms with van der Waals surface area (Å²) in [5, 5.41) is 2.67. The maximum Gasteiger partial charge on any atom is 0.224 e. The Bertz CT molecular complexity index is 585. The molecule has 104 valence electrons. The second-order valence-corrected chi connectivity index (χ2v) is 7.08. The fourth-order valence-electron chi connectivity index (χ4n) is 2.24. The topological polar surface area (TPSA) is 63.2 Å². The van der Waals surface area contributed by atoms with E-state index in [1.165, 1.54) is 6.07 Å². The van der Waals surface area contributed by atoms with E-state index in [1.807, 2.05) is 0 Å². The van der Waals surface area contributed by atoms with Crippen LogP contribution in [0.4, 0.5) is 4.39 Å². The number of hydrogen-bond donors (Lipinski definition) is 1. The van der Waals surface area contributed by atoms with Crippen molar-refractivity contribution in [2.45, 2.75) is 19.4 Å². The smallest absolute Gasteiger partial charge is 0.224 e. The van der Waals surface area contributed by atoms with Crippen molar-refractivity contribution < 1.29 is 17.6 Å². The number of carbonyl (C=O) groups is 1. The lowest BCUT2D eigenvalue weighted by atomic mass is 10.0. The minimum Gasteiger partial charge on any atom is -0.349 e. The van der Waals surface area contributed by atoms with Gasteiger partial charge >= 0.3 is 0 Å². The number of hydrogen-bond acceptors (Lipinski definition) is 3. The van der Waals surface area contributed by atoms with Gasteiger partial charge < -0.3 is 5.32 Å². The number of rotatable bonds is 3. The summed E-state index contributed by atoms with van der Waals surface area (Å²) in [7, 11) is -3.08. The maximum absolute atomic E-state index is 13.5. The first-order valence-corrected chi connectivity index (χ1v) is 7.96. The molecule has 0 bridgehead atoms. The molecule has 0 unspecified atom stereocenters. The molecule has 6 heteroatoms. The van der Waals surface area contributed by atoms with Crippen LogP contribution in [0.2, 0.25) is 0 Å². The number of nitrogens with one attached hydrogen (secondary N) is 1. The highest BCUT2D eigenvalue weighted by Crippen LogP contribution is 2.21. The van der Waals surface area contributed by atoms with Crippen LogP contribution in [0, 0.1) is 11.7 Å². The first-order valence-electron chi connectivity index (χ1n) is 6.14. The maximum atomic E-state index is 13.5. The lowest BCUT2D eigenvalue weighted by Crippen LogP contribution is -2.33. The fourth-order valence-corrected chi connectivity index (χ4v) is 3.98. The first kappa shape index (κ1) is 14.0. The van der Waals surface area contributed by atoms with Gasteiger partial charge in [-0.3, -0.25) is 4.79 Å². The van der Waals surface area contributed by atoms with Crippen molar-refractivity contribution in [3.8, 4) is 0 Å². The number of amides is 1. The van der Waals surface area contributed by atoms with Crippen LogP contribution in [0.3, 0.4) is 0 Å². The monoisotopic (exact) mass is 285 g/mol. The van der Waals surface area contributed by atoms with E-state index in [0.717, 1.165) is 0 Å². The summed E-state index contributed by atoms with van der Waals surface area (Å²) in [6.45, 7) is 1.68. The highest BCUT2D eigenvalue weighted by molar-refractivity contribution is 7.91. The Balaban J connectivity index is 2.02. The zero-order chi connectivity index (χ0) is 14.0. The van der Waals surface area contributed by atoms with Gasteiger partial charge in [-0.15, -0.1) is 0 Å². The molecule has 0 spiro atoms. The highest BCUT2D eigenvalue weighted by Gasteiger charge is 2.33. The van der Waals surface area contributed by atoms with Crippen molar-refractivity contribution in [2.24, 2.45) is 5.92 Å². The molecule has 0 saturated carbocycles. The van der Waals surface area contributed by atoms with Gasteiger partial charge in [-0.2, -0.15) is 0 Å². The molecule has 1 aromatic rings. The van der Waals surface area contributed by atoms with Gasteiger partial charge in [-0.25, -0.2) is 12.8 Å². The standard InChI is InChI=1S/C13H16FNO3S/c1-9(11-4-2-3-5-12(11)14)15-13(16)10-6-7-19(17,18)8-10/h2-5,9-10H,6-8H2,1H3,(H,15,16)/t9-,10+/m1/s1. The Kier molecular flexibility index (Phi) is 3.89. The number of halogens is 1. The molecule has 1 N–H and O–H groups in total. The van der Waals surface area contributed by atoms with Crippen LogP contribution in [0.5, 0.6) is 0 Å². The Morgan fingerprint density at radius 3 is 2.68 bits per heavy atom. The summed E-state index contributed by atoms with van der Waals surface area (Å²) in [6, 6.07) is 5.74. The zero-order valence-electron chi connectivity index (χ0n) is 10.6. The second-order valence-electron chi connectivity index (χ2n) is 4.85. The predicted octanol–water partition coefficient (Wildman–Crippen LogP) is 1.44. The summed E-state index contributed by atoms with van der Waals surface area (Å²) in [5.74, 6) is -1.27. The molecule has 0 aromatic heterocycles. The van der Waals surface area contributed by atoms with Crippen molar-refractivity contribution in [1.29, 1.82) is 0 Å². The Morgan fingerprint density at radius 2 is 2.11 bits per heavy atom. The molecule has 1 aliphatic rings. The van der Waals surface area contributed by atoms with Crippen molar-refractivity contribution in [1.82, 2.24) is 5.32 Å². The third kappa shape index (κ3) is 3.32. The van der Waals surface area contributed by atoms with Crippen molar-refractivity contribution in [3.05, 3.63) is 35.6 Å². The number of benzene rings is 1. The molecule has 1 aliphatic heterocycles. The lowest BCUT2D eigenvalue weighted by Gasteiger charge is -2.17. The van der Waals surface area contributed by atoms with Crippen LogP contribution in [0.15, 0.2) is 24.3 Å². The molecule has 1 heterocycles. The second kappa shape index (κ2) is 5.28. The molecule has 2 rings (SSSR count). The van der Waals surface area contributed by atoms with Gasteiger partial charge in [0.1, 0.15) is 5.82 Å². The van der Waals surface area contributed by atoms with Crippen molar-refractivity contribution in [2.75, 3.05) is 11.5 Å². The van der Waals surface area contributed by atoms with E-state index < -0.39 is 21.8 Å². The van der Waals surface area contributed by atoms with Gasteiger partial charge in [0, 0.05) is 5.56 Å². The first-order chi connectivity index (χ1) is 8.89. The lowest BCUT2D eigenvalue weighted by molar-refractivity contribution is -0.124. The molecular weight excluding hydrogens is 269 g/mol. The van der Waals surface area contributed by atoms with E-state index in [2.05, 4.69) is 5.32 Å². The van der Waals surface area contributed by atoms with Gasteiger partial charge in [-0.1, -0.05) is 18.2 Å². The third-order valence-electron chi connectivity index (χ3n) is 3.33. The SMILES string of the molecule is C[C@@H](NC(=O)[C@H]1CCS(=O)(=O)C1)c1ccccc1F. The Hall–Kier alpha value is -1.43. The van der Waals surface area contributed by atoms with Crippen molar-refractivity contribution in [3.63, 3.8) is 0 Å². The van der Waals surface area contributed by atoms with Crippen LogP contribution in [-0.4, -0.2) is 25.8 Å². The Morgan fingerprint density at radius 1 is 1.42 bits per heavy atom. The van der Waals surface area contributed by atoms with Gasteiger partial charge in [-0.05, 0) is 19.4 Å². The normalized spacial score (nSPS) is 22.9. The quantitative estimate of drug-likeness (QED) is 0.914. The van der Waals surface area contributed by atoms with Gasteiger partial charge in [0.05, 0.1) is 23.5 Å². The minimum atomic E-state index is -3.08. The molecule has 19 heavy (non-hydrogen) atoms. The van der Waals surface area contributed by atoms with E-state index in [4.69, 9.17) is 0 Å². The van der Waals surface area contributed by atoms with Crippen LogP contribution in [-0.2, 0) is 14.6 Å². The largest absolute Gasteiger partial charge is 0.349 e. The van der Waals surface area contributed by atoms with Crippen LogP contribution >= 0.6 is 0 Å². The summed E-state index contributed by atoms with van der Waals surface area (Å²) < 4.78 is 36.2. The molecule has 1 aromatic carbocycles. The number of sulfone groups is 1. The van der Waals surface area contributed by atoms with E-state index in [0.29, 0.717) is 12.0 Å². The van der Waals surface area contributed by atoms with Gasteiger partial charge in [0.25, 0.3) is 0 Å². The average Bonchev–Trinajstić information content (AvgIpc) is 2.70. The minimum absolute atomic E-state index is 0.0547. The van der Waals surface area contributed by atoms with E-state index >= 15 is 0 Å². The van der Waals surface area contributed by atoms with Crippen LogP contribution in [0.1, 0.15) is 24.9 Å². The summed E-state index contributed by atoms with van der Waals surface area (Å²) in [6.07, 6.45) is 0.345. The van der Waals surface area contributed by atoms with Gasteiger partial charge in [0.2, 0.25) is 5.91 Å². The summed E-state index contributed by atoms with van der Waals surface area (Å²) in [4.78, 5) is 11.9. The molecule has 1 fully saturated rings. The zero-order valence-corrected chi connectivity index (χ0v) is 11.4. The van der Waals surface area contributed by atoms with Gasteiger partial charge in [0.15, 0.2) is 9.84 Å². The van der Waals surface area contributed by atoms with Crippen LogP contribution in [0.25, 0.3) is 0 Å². The molecule has 1 amide bonds. The highest BCUT2D eigenvalue weighted by atomic mass is 32.2. The molecule has 4 nitrogen and oxygen atoms in total.